The van der Waals surface area contributed by atoms with Crippen molar-refractivity contribution >= 4 is 22.7 Å². The third kappa shape index (κ3) is 3.26. The number of aromatic nitrogens is 6. The van der Waals surface area contributed by atoms with Crippen LogP contribution in [0.4, 0.5) is 0 Å². The van der Waals surface area contributed by atoms with E-state index in [-0.39, 0.29) is 5.56 Å². The largest absolute Gasteiger partial charge is 0.299 e. The molecule has 2 aromatic heterocycles. The van der Waals surface area contributed by atoms with Crippen molar-refractivity contribution in [2.75, 3.05) is 0 Å². The molecular formula is C15H18N6OS. The van der Waals surface area contributed by atoms with Crippen LogP contribution in [0.15, 0.2) is 34.2 Å². The average Bonchev–Trinajstić information content (AvgIpc) is 2.96. The summed E-state index contributed by atoms with van der Waals surface area (Å²) < 4.78 is 3.38. The van der Waals surface area contributed by atoms with E-state index >= 15 is 0 Å². The SMILES string of the molecule is CC(C)Cn1nnnc1SCc1nc2ccccc2c(=O)n1C. The Morgan fingerprint density at radius 3 is 2.83 bits per heavy atom. The summed E-state index contributed by atoms with van der Waals surface area (Å²) >= 11 is 1.48. The van der Waals surface area contributed by atoms with Crippen LogP contribution in [0.1, 0.15) is 19.7 Å². The molecule has 2 heterocycles. The molecule has 0 unspecified atom stereocenters. The third-order valence-electron chi connectivity index (χ3n) is 3.44. The Hall–Kier alpha value is -2.22. The minimum absolute atomic E-state index is 0.0343. The van der Waals surface area contributed by atoms with Gasteiger partial charge in [0.25, 0.3) is 5.56 Å². The number of nitrogens with zero attached hydrogens (tertiary/aromatic N) is 6. The highest BCUT2D eigenvalue weighted by molar-refractivity contribution is 7.98. The Balaban J connectivity index is 1.87. The highest BCUT2D eigenvalue weighted by Crippen LogP contribution is 2.20. The molecule has 0 N–H and O–H groups in total. The second kappa shape index (κ2) is 6.49. The van der Waals surface area contributed by atoms with Gasteiger partial charge in [0.05, 0.1) is 16.7 Å². The monoisotopic (exact) mass is 330 g/mol. The lowest BCUT2D eigenvalue weighted by Gasteiger charge is -2.09. The average molecular weight is 330 g/mol. The summed E-state index contributed by atoms with van der Waals surface area (Å²) in [5, 5.41) is 13.2. The topological polar surface area (TPSA) is 78.5 Å². The molecule has 0 radical (unpaired) electrons. The van der Waals surface area contributed by atoms with Gasteiger partial charge in [-0.3, -0.25) is 9.36 Å². The van der Waals surface area contributed by atoms with Crippen molar-refractivity contribution in [3.8, 4) is 0 Å². The molecule has 0 aliphatic heterocycles. The predicted octanol–water partition coefficient (Wildman–Crippen LogP) is 1.87. The Bertz CT molecular complexity index is 885. The van der Waals surface area contributed by atoms with Gasteiger partial charge in [-0.25, -0.2) is 9.67 Å². The number of fused-ring (bicyclic) bond motifs is 1. The van der Waals surface area contributed by atoms with E-state index in [1.807, 2.05) is 18.2 Å². The highest BCUT2D eigenvalue weighted by atomic mass is 32.2. The summed E-state index contributed by atoms with van der Waals surface area (Å²) in [6.45, 7) is 4.99. The van der Waals surface area contributed by atoms with E-state index in [9.17, 15) is 4.79 Å². The van der Waals surface area contributed by atoms with Crippen molar-refractivity contribution in [1.29, 1.82) is 0 Å². The summed E-state index contributed by atoms with van der Waals surface area (Å²) in [6.07, 6.45) is 0. The molecule has 0 bridgehead atoms. The molecule has 0 aliphatic carbocycles. The summed E-state index contributed by atoms with van der Waals surface area (Å²) in [6, 6.07) is 7.38. The smallest absolute Gasteiger partial charge is 0.261 e. The number of thioether (sulfide) groups is 1. The van der Waals surface area contributed by atoms with E-state index in [0.717, 1.165) is 11.7 Å². The van der Waals surface area contributed by atoms with Gasteiger partial charge in [0.1, 0.15) is 5.82 Å². The van der Waals surface area contributed by atoms with Gasteiger partial charge in [-0.1, -0.05) is 37.7 Å². The van der Waals surface area contributed by atoms with E-state index < -0.39 is 0 Å². The van der Waals surface area contributed by atoms with Gasteiger partial charge in [-0.2, -0.15) is 0 Å². The first-order valence-electron chi connectivity index (χ1n) is 7.40. The van der Waals surface area contributed by atoms with Crippen molar-refractivity contribution < 1.29 is 0 Å². The molecule has 3 rings (SSSR count). The zero-order valence-corrected chi connectivity index (χ0v) is 14.1. The van der Waals surface area contributed by atoms with Gasteiger partial charge < -0.3 is 0 Å². The molecule has 3 aromatic rings. The molecule has 1 aromatic carbocycles. The maximum atomic E-state index is 12.4. The van der Waals surface area contributed by atoms with Crippen LogP contribution in [0.3, 0.4) is 0 Å². The third-order valence-corrected chi connectivity index (χ3v) is 4.40. The predicted molar refractivity (Wildman–Crippen MR) is 89.2 cm³/mol. The van der Waals surface area contributed by atoms with Crippen LogP contribution in [-0.4, -0.2) is 29.8 Å². The van der Waals surface area contributed by atoms with Crippen LogP contribution in [0, 0.1) is 5.92 Å². The van der Waals surface area contributed by atoms with E-state index in [0.29, 0.717) is 28.4 Å². The minimum Gasteiger partial charge on any atom is -0.299 e. The molecule has 0 fully saturated rings. The van der Waals surface area contributed by atoms with Crippen molar-refractivity contribution in [2.24, 2.45) is 13.0 Å². The first kappa shape index (κ1) is 15.7. The van der Waals surface area contributed by atoms with Gasteiger partial charge in [-0.05, 0) is 28.5 Å². The number of hydrogen-bond acceptors (Lipinski definition) is 6. The molecule has 0 spiro atoms. The van der Waals surface area contributed by atoms with Gasteiger partial charge in [-0.15, -0.1) is 5.10 Å². The summed E-state index contributed by atoms with van der Waals surface area (Å²) in [4.78, 5) is 17.0. The maximum Gasteiger partial charge on any atom is 0.261 e. The standard InChI is InChI=1S/C15H18N6OS/c1-10(2)8-21-15(17-18-19-21)23-9-13-16-12-7-5-4-6-11(12)14(22)20(13)3/h4-7,10H,8-9H2,1-3H3. The van der Waals surface area contributed by atoms with Crippen molar-refractivity contribution in [3.05, 3.63) is 40.4 Å². The molecule has 0 saturated heterocycles. The molecule has 0 atom stereocenters. The van der Waals surface area contributed by atoms with Crippen molar-refractivity contribution in [1.82, 2.24) is 29.8 Å². The van der Waals surface area contributed by atoms with Gasteiger partial charge >= 0.3 is 0 Å². The lowest BCUT2D eigenvalue weighted by molar-refractivity contribution is 0.445. The van der Waals surface area contributed by atoms with Crippen LogP contribution >= 0.6 is 11.8 Å². The second-order valence-electron chi connectivity index (χ2n) is 5.74. The lowest BCUT2D eigenvalue weighted by atomic mass is 10.2. The van der Waals surface area contributed by atoms with Crippen LogP contribution in [-0.2, 0) is 19.3 Å². The first-order valence-corrected chi connectivity index (χ1v) is 8.38. The molecule has 0 saturated carbocycles. The Morgan fingerprint density at radius 2 is 2.04 bits per heavy atom. The Morgan fingerprint density at radius 1 is 1.26 bits per heavy atom. The van der Waals surface area contributed by atoms with Crippen LogP contribution in [0.5, 0.6) is 0 Å². The lowest BCUT2D eigenvalue weighted by Crippen LogP contribution is -2.22. The fraction of sp³-hybridized carbons (Fsp3) is 0.400. The number of hydrogen-bond donors (Lipinski definition) is 0. The summed E-state index contributed by atoms with van der Waals surface area (Å²) in [5.41, 5.74) is 0.681. The molecule has 0 aliphatic rings. The number of benzene rings is 1. The molecular weight excluding hydrogens is 312 g/mol. The molecule has 7 nitrogen and oxygen atoms in total. The van der Waals surface area contributed by atoms with Crippen LogP contribution < -0.4 is 5.56 Å². The Kier molecular flexibility index (Phi) is 4.42. The fourth-order valence-electron chi connectivity index (χ4n) is 2.28. The van der Waals surface area contributed by atoms with Crippen LogP contribution in [0.25, 0.3) is 10.9 Å². The van der Waals surface area contributed by atoms with Crippen molar-refractivity contribution in [3.63, 3.8) is 0 Å². The van der Waals surface area contributed by atoms with E-state index in [1.54, 1.807) is 22.4 Å². The maximum absolute atomic E-state index is 12.4. The minimum atomic E-state index is -0.0343. The summed E-state index contributed by atoms with van der Waals surface area (Å²) in [7, 11) is 1.74. The second-order valence-corrected chi connectivity index (χ2v) is 6.68. The highest BCUT2D eigenvalue weighted by Gasteiger charge is 2.12. The normalized spacial score (nSPS) is 11.5. The van der Waals surface area contributed by atoms with E-state index in [1.165, 1.54) is 11.8 Å². The van der Waals surface area contributed by atoms with Gasteiger partial charge in [0, 0.05) is 13.6 Å². The number of tetrazole rings is 1. The summed E-state index contributed by atoms with van der Waals surface area (Å²) in [5.74, 6) is 1.70. The first-order chi connectivity index (χ1) is 11.1. The zero-order chi connectivity index (χ0) is 16.4. The molecule has 23 heavy (non-hydrogen) atoms. The van der Waals surface area contributed by atoms with Crippen LogP contribution in [0.2, 0.25) is 0 Å². The fourth-order valence-corrected chi connectivity index (χ4v) is 3.15. The molecule has 120 valence electrons. The Labute approximate surface area is 137 Å². The molecule has 8 heteroatoms. The molecule has 0 amide bonds. The number of rotatable bonds is 5. The van der Waals surface area contributed by atoms with E-state index in [2.05, 4.69) is 34.4 Å². The van der Waals surface area contributed by atoms with Gasteiger partial charge in [0.2, 0.25) is 5.16 Å². The quantitative estimate of drug-likeness (QED) is 0.665. The number of para-hydroxylation sites is 1. The zero-order valence-electron chi connectivity index (χ0n) is 13.3. The van der Waals surface area contributed by atoms with Gasteiger partial charge in [0.15, 0.2) is 0 Å². The van der Waals surface area contributed by atoms with Crippen molar-refractivity contribution in [2.45, 2.75) is 31.3 Å². The van der Waals surface area contributed by atoms with E-state index in [4.69, 9.17) is 0 Å².